The molecule has 0 amide bonds. The van der Waals surface area contributed by atoms with Gasteiger partial charge in [0.25, 0.3) is 0 Å². The zero-order chi connectivity index (χ0) is 34.5. The zero-order valence-electron chi connectivity index (χ0n) is 28.7. The molecule has 6 aromatic carbocycles. The molecule has 11 rings (SSSR count). The molecule has 5 heterocycles. The number of rotatable bonds is 2. The highest BCUT2D eigenvalue weighted by molar-refractivity contribution is 6.16. The van der Waals surface area contributed by atoms with Gasteiger partial charge in [0.15, 0.2) is 0 Å². The van der Waals surface area contributed by atoms with Crippen molar-refractivity contribution in [3.05, 3.63) is 152 Å². The van der Waals surface area contributed by atoms with Crippen LogP contribution in [-0.2, 0) is 0 Å². The van der Waals surface area contributed by atoms with Crippen molar-refractivity contribution < 1.29 is 0 Å². The molecule has 0 atom stereocenters. The maximum absolute atomic E-state index is 5.01. The van der Waals surface area contributed by atoms with Crippen molar-refractivity contribution in [2.45, 2.75) is 13.8 Å². The van der Waals surface area contributed by atoms with Gasteiger partial charge in [0, 0.05) is 56.9 Å². The van der Waals surface area contributed by atoms with E-state index < -0.39 is 0 Å². The number of benzene rings is 6. The van der Waals surface area contributed by atoms with E-state index in [0.717, 1.165) is 44.9 Å². The van der Waals surface area contributed by atoms with Gasteiger partial charge in [-0.05, 0) is 35.0 Å². The van der Waals surface area contributed by atoms with E-state index in [2.05, 4.69) is 165 Å². The monoisotopic (exact) mass is 660 g/mol. The van der Waals surface area contributed by atoms with Crippen LogP contribution in [0.1, 0.15) is 13.8 Å². The van der Waals surface area contributed by atoms with Gasteiger partial charge in [-0.3, -0.25) is 8.80 Å². The number of aromatic nitrogens is 5. The molecule has 0 aliphatic carbocycles. The summed E-state index contributed by atoms with van der Waals surface area (Å²) in [5.74, 6) is 0. The minimum Gasteiger partial charge on any atom is -0.388 e. The van der Waals surface area contributed by atoms with E-state index in [4.69, 9.17) is 9.97 Å². The lowest BCUT2D eigenvalue weighted by Gasteiger charge is -2.08. The molecule has 0 fully saturated rings. The summed E-state index contributed by atoms with van der Waals surface area (Å²) in [7, 11) is 1.94. The largest absolute Gasteiger partial charge is 0.388 e. The van der Waals surface area contributed by atoms with Crippen LogP contribution < -0.4 is 5.32 Å². The SMILES string of the molecule is CC.CNc1ccccc1-c1cn2c3ccccc3c3ccccc3c2n1.c1ccc2c(c1)[nH]c1c2nc2c3ccccc3c3ccccc3n21. The van der Waals surface area contributed by atoms with Gasteiger partial charge in [0.05, 0.1) is 16.7 Å². The standard InChI is InChI=1S/C22H17N3.C21H13N3.C2H6/c1-23-19-12-6-4-11-18(19)20-14-25-21-13-7-5-9-16(21)15-8-2-3-10-17(15)22(25)24-20;1-2-9-15-13(7-1)14-8-4-6-12-18(14)24-20(15)23-19-16-10-3-5-11-17(16)22-21(19)24;1-2/h2-14,23H,1H3;1-12,22H;1-2H3. The lowest BCUT2D eigenvalue weighted by Crippen LogP contribution is -1.91. The molecule has 51 heavy (non-hydrogen) atoms. The van der Waals surface area contributed by atoms with Crippen molar-refractivity contribution in [3.63, 3.8) is 0 Å². The fourth-order valence-electron chi connectivity index (χ4n) is 7.51. The van der Waals surface area contributed by atoms with Crippen molar-refractivity contribution in [2.24, 2.45) is 0 Å². The smallest absolute Gasteiger partial charge is 0.147 e. The molecule has 0 saturated carbocycles. The van der Waals surface area contributed by atoms with E-state index >= 15 is 0 Å². The fourth-order valence-corrected chi connectivity index (χ4v) is 7.51. The number of aromatic amines is 1. The average molecular weight is 661 g/mol. The third-order valence-electron chi connectivity index (χ3n) is 9.72. The van der Waals surface area contributed by atoms with Gasteiger partial charge in [-0.25, -0.2) is 9.97 Å². The maximum Gasteiger partial charge on any atom is 0.147 e. The van der Waals surface area contributed by atoms with E-state index in [1.807, 2.05) is 27.0 Å². The molecule has 0 bridgehead atoms. The minimum absolute atomic E-state index is 0.978. The van der Waals surface area contributed by atoms with E-state index in [0.29, 0.717) is 0 Å². The first kappa shape index (κ1) is 30.4. The Bertz CT molecular complexity index is 2980. The molecule has 0 aliphatic heterocycles. The number of anilines is 1. The van der Waals surface area contributed by atoms with Gasteiger partial charge in [0.1, 0.15) is 22.5 Å². The number of H-pyrrole nitrogens is 1. The predicted octanol–water partition coefficient (Wildman–Crippen LogP) is 11.7. The van der Waals surface area contributed by atoms with Crippen LogP contribution in [-0.4, -0.2) is 30.8 Å². The van der Waals surface area contributed by atoms with Gasteiger partial charge in [0.2, 0.25) is 0 Å². The third kappa shape index (κ3) is 4.71. The lowest BCUT2D eigenvalue weighted by atomic mass is 10.1. The summed E-state index contributed by atoms with van der Waals surface area (Å²) in [5.41, 5.74) is 10.8. The number of nitrogens with one attached hydrogen (secondary N) is 2. The van der Waals surface area contributed by atoms with E-state index in [9.17, 15) is 0 Å². The first-order valence-corrected chi connectivity index (χ1v) is 17.5. The highest BCUT2D eigenvalue weighted by Gasteiger charge is 2.17. The average Bonchev–Trinajstić information content (AvgIpc) is 3.92. The third-order valence-corrected chi connectivity index (χ3v) is 9.72. The summed E-state index contributed by atoms with van der Waals surface area (Å²) >= 11 is 0. The van der Waals surface area contributed by atoms with Crippen molar-refractivity contribution in [1.29, 1.82) is 0 Å². The number of fused-ring (bicyclic) bond motifs is 16. The highest BCUT2D eigenvalue weighted by atomic mass is 15.1. The summed E-state index contributed by atoms with van der Waals surface area (Å²) in [6.07, 6.45) is 2.14. The summed E-state index contributed by atoms with van der Waals surface area (Å²) in [4.78, 5) is 13.6. The van der Waals surface area contributed by atoms with Crippen LogP contribution in [0.3, 0.4) is 0 Å². The Kier molecular flexibility index (Phi) is 7.36. The van der Waals surface area contributed by atoms with Crippen molar-refractivity contribution >= 4 is 82.4 Å². The Balaban J connectivity index is 0.000000130. The molecule has 246 valence electrons. The summed E-state index contributed by atoms with van der Waals surface area (Å²) in [5, 5.41) is 11.8. The Labute approximate surface area is 294 Å². The quantitative estimate of drug-likeness (QED) is 0.181. The minimum atomic E-state index is 0.978. The number of nitrogens with zero attached hydrogens (tertiary/aromatic N) is 4. The van der Waals surface area contributed by atoms with Crippen molar-refractivity contribution in [1.82, 2.24) is 23.8 Å². The van der Waals surface area contributed by atoms with Crippen LogP contribution in [0.5, 0.6) is 0 Å². The second-order valence-corrected chi connectivity index (χ2v) is 12.4. The molecule has 0 saturated heterocycles. The normalized spacial score (nSPS) is 11.4. The summed E-state index contributed by atoms with van der Waals surface area (Å²) in [6, 6.07) is 50.7. The number of para-hydroxylation sites is 4. The van der Waals surface area contributed by atoms with Crippen LogP contribution in [0.25, 0.3) is 88.0 Å². The maximum atomic E-state index is 5.01. The summed E-state index contributed by atoms with van der Waals surface area (Å²) < 4.78 is 4.46. The second-order valence-electron chi connectivity index (χ2n) is 12.4. The lowest BCUT2D eigenvalue weighted by molar-refractivity contribution is 1.27. The second kappa shape index (κ2) is 12.3. The molecule has 6 nitrogen and oxygen atoms in total. The number of hydrogen-bond acceptors (Lipinski definition) is 3. The molecule has 0 unspecified atom stereocenters. The van der Waals surface area contributed by atoms with Crippen LogP contribution >= 0.6 is 0 Å². The Morgan fingerprint density at radius 3 is 1.75 bits per heavy atom. The number of imidazole rings is 2. The Morgan fingerprint density at radius 1 is 0.510 bits per heavy atom. The van der Waals surface area contributed by atoms with Crippen LogP contribution in [0.4, 0.5) is 5.69 Å². The van der Waals surface area contributed by atoms with Crippen LogP contribution in [0, 0.1) is 0 Å². The molecular formula is C45H36N6. The van der Waals surface area contributed by atoms with Crippen LogP contribution in [0.15, 0.2) is 152 Å². The highest BCUT2D eigenvalue weighted by Crippen LogP contribution is 2.35. The van der Waals surface area contributed by atoms with Crippen LogP contribution in [0.2, 0.25) is 0 Å². The van der Waals surface area contributed by atoms with Gasteiger partial charge in [-0.15, -0.1) is 0 Å². The first-order valence-electron chi connectivity index (χ1n) is 17.5. The fraction of sp³-hybridized carbons (Fsp3) is 0.0667. The zero-order valence-corrected chi connectivity index (χ0v) is 28.7. The Hall–Kier alpha value is -6.66. The molecule has 6 heteroatoms. The van der Waals surface area contributed by atoms with Crippen molar-refractivity contribution in [2.75, 3.05) is 12.4 Å². The molecule has 0 spiro atoms. The van der Waals surface area contributed by atoms with Gasteiger partial charge in [-0.2, -0.15) is 0 Å². The van der Waals surface area contributed by atoms with Gasteiger partial charge in [-0.1, -0.05) is 135 Å². The molecular weight excluding hydrogens is 625 g/mol. The molecule has 0 radical (unpaired) electrons. The summed E-state index contributed by atoms with van der Waals surface area (Å²) in [6.45, 7) is 4.00. The van der Waals surface area contributed by atoms with E-state index in [1.54, 1.807) is 0 Å². The predicted molar refractivity (Wildman–Crippen MR) is 216 cm³/mol. The first-order chi connectivity index (χ1) is 25.3. The number of pyridine rings is 2. The molecule has 2 N–H and O–H groups in total. The molecule has 11 aromatic rings. The van der Waals surface area contributed by atoms with E-state index in [-0.39, 0.29) is 0 Å². The molecule has 5 aromatic heterocycles. The van der Waals surface area contributed by atoms with E-state index in [1.165, 1.54) is 48.7 Å². The van der Waals surface area contributed by atoms with Gasteiger partial charge >= 0.3 is 0 Å². The van der Waals surface area contributed by atoms with Crippen molar-refractivity contribution in [3.8, 4) is 11.3 Å². The Morgan fingerprint density at radius 2 is 1.04 bits per heavy atom. The number of hydrogen-bond donors (Lipinski definition) is 2. The molecule has 0 aliphatic rings. The van der Waals surface area contributed by atoms with Gasteiger partial charge < -0.3 is 10.3 Å². The topological polar surface area (TPSA) is 62.4 Å².